The number of nitrogens with zero attached hydrogens (tertiary/aromatic N) is 3. The molecular formula is C33H42N4O8. The van der Waals surface area contributed by atoms with Gasteiger partial charge in [-0.2, -0.15) is 0 Å². The molecule has 1 aromatic carbocycles. The van der Waals surface area contributed by atoms with Gasteiger partial charge in [-0.3, -0.25) is 14.4 Å². The molecule has 0 spiro atoms. The minimum absolute atomic E-state index is 0.0733. The highest BCUT2D eigenvalue weighted by Crippen LogP contribution is 2.33. The van der Waals surface area contributed by atoms with Crippen molar-refractivity contribution in [3.05, 3.63) is 47.2 Å². The van der Waals surface area contributed by atoms with Crippen LogP contribution in [0.3, 0.4) is 0 Å². The van der Waals surface area contributed by atoms with E-state index in [0.29, 0.717) is 25.5 Å². The Morgan fingerprint density at radius 3 is 2.42 bits per heavy atom. The average Bonchev–Trinajstić information content (AvgIpc) is 3.57. The van der Waals surface area contributed by atoms with Crippen LogP contribution in [0.5, 0.6) is 5.88 Å². The lowest BCUT2D eigenvalue weighted by Gasteiger charge is -2.39. The molecule has 2 aromatic rings. The van der Waals surface area contributed by atoms with Gasteiger partial charge in [0.2, 0.25) is 11.8 Å². The van der Waals surface area contributed by atoms with Gasteiger partial charge in [0.25, 0.3) is 5.88 Å². The van der Waals surface area contributed by atoms with E-state index in [1.807, 2.05) is 46.8 Å². The summed E-state index contributed by atoms with van der Waals surface area (Å²) in [7, 11) is 0. The van der Waals surface area contributed by atoms with Crippen molar-refractivity contribution in [2.24, 2.45) is 11.8 Å². The fraction of sp³-hybridized carbons (Fsp3) is 0.545. The van der Waals surface area contributed by atoms with Crippen LogP contribution in [-0.4, -0.2) is 82.8 Å². The maximum atomic E-state index is 14.0. The van der Waals surface area contributed by atoms with Gasteiger partial charge in [0, 0.05) is 50.5 Å². The lowest BCUT2D eigenvalue weighted by atomic mass is 9.91. The Hall–Kier alpha value is -4.53. The first kappa shape index (κ1) is 33.4. The monoisotopic (exact) mass is 622 g/mol. The van der Waals surface area contributed by atoms with Gasteiger partial charge in [-0.05, 0) is 49.5 Å². The van der Waals surface area contributed by atoms with Gasteiger partial charge >= 0.3 is 12.1 Å². The summed E-state index contributed by atoms with van der Waals surface area (Å²) in [5.41, 5.74) is 1.02. The molecule has 1 unspecified atom stereocenters. The smallest absolute Gasteiger partial charge is 0.410 e. The van der Waals surface area contributed by atoms with E-state index in [2.05, 4.69) is 16.4 Å². The van der Waals surface area contributed by atoms with Gasteiger partial charge in [0.1, 0.15) is 23.7 Å². The molecule has 2 fully saturated rings. The average molecular weight is 623 g/mol. The van der Waals surface area contributed by atoms with E-state index in [0.717, 1.165) is 11.1 Å². The van der Waals surface area contributed by atoms with Crippen LogP contribution >= 0.6 is 0 Å². The molecule has 2 aliphatic rings. The molecule has 0 aliphatic carbocycles. The first-order chi connectivity index (χ1) is 21.2. The molecule has 2 saturated heterocycles. The number of nitrogens with one attached hydrogen (secondary N) is 1. The second-order valence-electron chi connectivity index (χ2n) is 12.9. The summed E-state index contributed by atoms with van der Waals surface area (Å²) < 4.78 is 22.2. The molecule has 3 atom stereocenters. The SMILES string of the molecule is C#Cc1ccc(CNC(=O)[C@@H]2C[C@@H](OC(C)=O)CN2C(=O)C(c2cc(OCC3CN(C(=O)OC(C)(C)C)C3)no2)C(C)C)cc1. The lowest BCUT2D eigenvalue weighted by molar-refractivity contribution is -0.147. The van der Waals surface area contributed by atoms with Crippen molar-refractivity contribution in [2.75, 3.05) is 26.2 Å². The van der Waals surface area contributed by atoms with E-state index in [9.17, 15) is 19.2 Å². The fourth-order valence-corrected chi connectivity index (χ4v) is 5.39. The molecule has 0 bridgehead atoms. The molecule has 12 heteroatoms. The Balaban J connectivity index is 1.39. The second-order valence-corrected chi connectivity index (χ2v) is 12.9. The highest BCUT2D eigenvalue weighted by molar-refractivity contribution is 5.91. The maximum Gasteiger partial charge on any atom is 0.410 e. The van der Waals surface area contributed by atoms with Crippen molar-refractivity contribution in [1.29, 1.82) is 0 Å². The first-order valence-corrected chi connectivity index (χ1v) is 15.1. The number of hydrogen-bond acceptors (Lipinski definition) is 9. The van der Waals surface area contributed by atoms with E-state index in [1.165, 1.54) is 11.8 Å². The summed E-state index contributed by atoms with van der Waals surface area (Å²) in [6.07, 6.45) is 4.61. The van der Waals surface area contributed by atoms with Gasteiger partial charge in [0.05, 0.1) is 13.2 Å². The van der Waals surface area contributed by atoms with Gasteiger partial charge in [0.15, 0.2) is 5.76 Å². The number of carbonyl (C=O) groups excluding carboxylic acids is 4. The second kappa shape index (κ2) is 14.1. The maximum absolute atomic E-state index is 14.0. The zero-order valence-electron chi connectivity index (χ0n) is 26.7. The van der Waals surface area contributed by atoms with Crippen molar-refractivity contribution in [1.82, 2.24) is 20.3 Å². The quantitative estimate of drug-likeness (QED) is 0.311. The number of esters is 1. The number of benzene rings is 1. The van der Waals surface area contributed by atoms with Gasteiger partial charge < -0.3 is 33.9 Å². The minimum atomic E-state index is -0.849. The summed E-state index contributed by atoms with van der Waals surface area (Å²) in [4.78, 5) is 54.4. The highest BCUT2D eigenvalue weighted by Gasteiger charge is 2.45. The number of ether oxygens (including phenoxy) is 3. The molecule has 45 heavy (non-hydrogen) atoms. The van der Waals surface area contributed by atoms with Crippen LogP contribution in [0.15, 0.2) is 34.9 Å². The standard InChI is InChI=1S/C33H42N4O8/c1-8-22-9-11-23(12-10-22)15-34-30(39)26-13-25(43-21(4)38)18-37(26)31(40)29(20(2)3)27-14-28(35-45-27)42-19-24-16-36(17-24)32(41)44-33(5,6)7/h1,9-12,14,20,24-26,29H,13,15-19H2,2-7H3,(H,34,39)/t25-,26+,29?/m1/s1. The number of aromatic nitrogens is 1. The van der Waals surface area contributed by atoms with Crippen molar-refractivity contribution in [3.63, 3.8) is 0 Å². The number of hydrogen-bond donors (Lipinski definition) is 1. The molecule has 2 aliphatic heterocycles. The molecule has 3 heterocycles. The Kier molecular flexibility index (Phi) is 10.4. The Bertz CT molecular complexity index is 1420. The molecule has 0 saturated carbocycles. The Morgan fingerprint density at radius 1 is 1.13 bits per heavy atom. The van der Waals surface area contributed by atoms with Crippen LogP contribution in [0.25, 0.3) is 0 Å². The molecule has 1 aromatic heterocycles. The van der Waals surface area contributed by atoms with Gasteiger partial charge in [-0.25, -0.2) is 4.79 Å². The summed E-state index contributed by atoms with van der Waals surface area (Å²) in [6.45, 7) is 12.2. The molecule has 1 N–H and O–H groups in total. The predicted octanol–water partition coefficient (Wildman–Crippen LogP) is 3.49. The third kappa shape index (κ3) is 8.77. The fourth-order valence-electron chi connectivity index (χ4n) is 5.39. The number of rotatable bonds is 10. The number of amides is 3. The van der Waals surface area contributed by atoms with Crippen LogP contribution in [0.4, 0.5) is 4.79 Å². The van der Waals surface area contributed by atoms with E-state index in [1.54, 1.807) is 23.1 Å². The molecule has 4 rings (SSSR count). The van der Waals surface area contributed by atoms with E-state index >= 15 is 0 Å². The summed E-state index contributed by atoms with van der Waals surface area (Å²) in [5.74, 6) is 1.04. The normalized spacial score (nSPS) is 19.0. The zero-order valence-corrected chi connectivity index (χ0v) is 26.7. The van der Waals surface area contributed by atoms with E-state index in [4.69, 9.17) is 25.2 Å². The number of likely N-dealkylation sites (tertiary alicyclic amines) is 2. The topological polar surface area (TPSA) is 141 Å². The zero-order chi connectivity index (χ0) is 32.9. The van der Waals surface area contributed by atoms with E-state index in [-0.39, 0.29) is 55.1 Å². The predicted molar refractivity (Wildman–Crippen MR) is 163 cm³/mol. The Labute approximate surface area is 263 Å². The largest absolute Gasteiger partial charge is 0.475 e. The lowest BCUT2D eigenvalue weighted by Crippen LogP contribution is -2.53. The molecule has 12 nitrogen and oxygen atoms in total. The third-order valence-corrected chi connectivity index (χ3v) is 7.59. The summed E-state index contributed by atoms with van der Waals surface area (Å²) >= 11 is 0. The van der Waals surface area contributed by atoms with Crippen LogP contribution in [0.2, 0.25) is 0 Å². The summed E-state index contributed by atoms with van der Waals surface area (Å²) in [5, 5.41) is 6.91. The molecule has 0 radical (unpaired) electrons. The molecule has 3 amide bonds. The number of carbonyl (C=O) groups is 4. The van der Waals surface area contributed by atoms with Gasteiger partial charge in [-0.1, -0.05) is 31.9 Å². The van der Waals surface area contributed by atoms with Crippen LogP contribution in [-0.2, 0) is 30.4 Å². The van der Waals surface area contributed by atoms with Gasteiger partial charge in [-0.15, -0.1) is 6.42 Å². The van der Waals surface area contributed by atoms with Crippen LogP contribution in [0.1, 0.15) is 70.8 Å². The van der Waals surface area contributed by atoms with Crippen LogP contribution < -0.4 is 10.1 Å². The first-order valence-electron chi connectivity index (χ1n) is 15.1. The molecule has 242 valence electrons. The number of terminal acetylenes is 1. The molecular weight excluding hydrogens is 580 g/mol. The van der Waals surface area contributed by atoms with Crippen molar-refractivity contribution < 1.29 is 37.9 Å². The minimum Gasteiger partial charge on any atom is -0.475 e. The highest BCUT2D eigenvalue weighted by atomic mass is 16.6. The van der Waals surface area contributed by atoms with Crippen molar-refractivity contribution in [2.45, 2.75) is 78.2 Å². The van der Waals surface area contributed by atoms with Crippen LogP contribution in [0, 0.1) is 24.2 Å². The Morgan fingerprint density at radius 2 is 1.82 bits per heavy atom. The van der Waals surface area contributed by atoms with E-state index < -0.39 is 29.6 Å². The third-order valence-electron chi connectivity index (χ3n) is 7.59. The van der Waals surface area contributed by atoms with Crippen molar-refractivity contribution in [3.8, 4) is 18.2 Å². The van der Waals surface area contributed by atoms with Crippen molar-refractivity contribution >= 4 is 23.9 Å². The summed E-state index contributed by atoms with van der Waals surface area (Å²) in [6, 6.07) is 7.97.